The van der Waals surface area contributed by atoms with Crippen LogP contribution in [0.25, 0.3) is 11.3 Å². The van der Waals surface area contributed by atoms with E-state index in [1.807, 2.05) is 24.8 Å². The number of anilines is 1. The van der Waals surface area contributed by atoms with Gasteiger partial charge in [0.15, 0.2) is 0 Å². The number of thiazole rings is 1. The predicted octanol–water partition coefficient (Wildman–Crippen LogP) is 5.47. The van der Waals surface area contributed by atoms with Gasteiger partial charge in [0.2, 0.25) is 5.91 Å². The number of carbonyl (C=O) groups excluding carboxylic acids is 1. The molecule has 6 heteroatoms. The fraction of sp³-hybridized carbons (Fsp3) is 0.360. The van der Waals surface area contributed by atoms with Crippen molar-refractivity contribution < 1.29 is 4.79 Å². The maximum atomic E-state index is 12.8. The second-order valence-corrected chi connectivity index (χ2v) is 10.6. The van der Waals surface area contributed by atoms with Crippen LogP contribution in [0.2, 0.25) is 0 Å². The van der Waals surface area contributed by atoms with Gasteiger partial charge in [-0.25, -0.2) is 4.98 Å². The van der Waals surface area contributed by atoms with Crippen LogP contribution in [0.15, 0.2) is 42.5 Å². The van der Waals surface area contributed by atoms with Gasteiger partial charge in [0.25, 0.3) is 0 Å². The Bertz CT molecular complexity index is 1050. The minimum Gasteiger partial charge on any atom is -0.326 e. The van der Waals surface area contributed by atoms with E-state index >= 15 is 0 Å². The first-order valence-corrected chi connectivity index (χ1v) is 12.7. The van der Waals surface area contributed by atoms with E-state index in [0.29, 0.717) is 6.42 Å². The highest BCUT2D eigenvalue weighted by Crippen LogP contribution is 2.29. The number of hydrogen-bond acceptors (Lipinski definition) is 5. The zero-order chi connectivity index (χ0) is 21.8. The van der Waals surface area contributed by atoms with Gasteiger partial charge < -0.3 is 5.32 Å². The number of hydrogen-bond donors (Lipinski definition) is 1. The van der Waals surface area contributed by atoms with Gasteiger partial charge in [0.05, 0.1) is 17.1 Å². The van der Waals surface area contributed by atoms with E-state index in [4.69, 9.17) is 0 Å². The fourth-order valence-corrected chi connectivity index (χ4v) is 5.78. The van der Waals surface area contributed by atoms with Crippen molar-refractivity contribution in [3.05, 3.63) is 69.0 Å². The molecule has 0 radical (unpaired) electrons. The molecule has 0 aliphatic carbocycles. The Hall–Kier alpha value is -2.15. The zero-order valence-electron chi connectivity index (χ0n) is 18.4. The summed E-state index contributed by atoms with van der Waals surface area (Å²) in [5, 5.41) is 4.09. The second-order valence-electron chi connectivity index (χ2n) is 8.13. The average Bonchev–Trinajstić information content (AvgIpc) is 3.11. The minimum absolute atomic E-state index is 0.000849. The van der Waals surface area contributed by atoms with E-state index in [0.717, 1.165) is 52.0 Å². The van der Waals surface area contributed by atoms with Crippen molar-refractivity contribution >= 4 is 34.7 Å². The van der Waals surface area contributed by atoms with Crippen LogP contribution in [-0.2, 0) is 17.8 Å². The lowest BCUT2D eigenvalue weighted by atomic mass is 10.1. The van der Waals surface area contributed by atoms with Crippen LogP contribution in [0.3, 0.4) is 0 Å². The average molecular weight is 452 g/mol. The quantitative estimate of drug-likeness (QED) is 0.540. The van der Waals surface area contributed by atoms with Crippen molar-refractivity contribution in [3.63, 3.8) is 0 Å². The summed E-state index contributed by atoms with van der Waals surface area (Å²) in [6.45, 7) is 9.42. The Morgan fingerprint density at radius 2 is 1.81 bits per heavy atom. The van der Waals surface area contributed by atoms with Gasteiger partial charge in [-0.2, -0.15) is 11.8 Å². The van der Waals surface area contributed by atoms with Gasteiger partial charge in [-0.1, -0.05) is 42.0 Å². The van der Waals surface area contributed by atoms with Crippen molar-refractivity contribution in [1.29, 1.82) is 0 Å². The van der Waals surface area contributed by atoms with Crippen LogP contribution in [0, 0.1) is 20.8 Å². The van der Waals surface area contributed by atoms with Crippen molar-refractivity contribution in [1.82, 2.24) is 9.88 Å². The number of nitrogens with zero attached hydrogens (tertiary/aromatic N) is 2. The molecular formula is C25H29N3OS2. The topological polar surface area (TPSA) is 45.2 Å². The number of aryl methyl sites for hydroxylation is 3. The number of benzene rings is 2. The molecular weight excluding hydrogens is 422 g/mol. The molecule has 4 nitrogen and oxygen atoms in total. The van der Waals surface area contributed by atoms with E-state index in [1.165, 1.54) is 22.6 Å². The summed E-state index contributed by atoms with van der Waals surface area (Å²) in [6, 6.07) is 14.7. The Labute approximate surface area is 193 Å². The lowest BCUT2D eigenvalue weighted by Gasteiger charge is -2.26. The minimum atomic E-state index is 0.000849. The summed E-state index contributed by atoms with van der Waals surface area (Å²) in [7, 11) is 0. The number of carbonyl (C=O) groups is 1. The van der Waals surface area contributed by atoms with Crippen LogP contribution in [0.1, 0.15) is 26.6 Å². The Morgan fingerprint density at radius 1 is 1.06 bits per heavy atom. The lowest BCUT2D eigenvalue weighted by molar-refractivity contribution is -0.115. The summed E-state index contributed by atoms with van der Waals surface area (Å²) in [6.07, 6.45) is 0.335. The molecule has 0 unspecified atom stereocenters. The molecule has 4 rings (SSSR count). The van der Waals surface area contributed by atoms with Crippen LogP contribution < -0.4 is 5.32 Å². The van der Waals surface area contributed by atoms with Crippen LogP contribution >= 0.6 is 23.1 Å². The SMILES string of the molecule is Cc1ccc(-c2nc(C)sc2CC(=O)Nc2ccc(CN3CCSCC3)cc2C)cc1. The highest BCUT2D eigenvalue weighted by molar-refractivity contribution is 7.99. The first-order valence-electron chi connectivity index (χ1n) is 10.7. The molecule has 1 fully saturated rings. The first-order chi connectivity index (χ1) is 15.0. The third-order valence-electron chi connectivity index (χ3n) is 5.53. The Kier molecular flexibility index (Phi) is 7.10. The van der Waals surface area contributed by atoms with Crippen molar-refractivity contribution in [2.24, 2.45) is 0 Å². The van der Waals surface area contributed by atoms with E-state index in [2.05, 4.69) is 65.4 Å². The number of amides is 1. The molecule has 2 heterocycles. The van der Waals surface area contributed by atoms with E-state index in [1.54, 1.807) is 11.3 Å². The fourth-order valence-electron chi connectivity index (χ4n) is 3.85. The Balaban J connectivity index is 1.42. The van der Waals surface area contributed by atoms with E-state index < -0.39 is 0 Å². The highest BCUT2D eigenvalue weighted by Gasteiger charge is 2.16. The van der Waals surface area contributed by atoms with Crippen LogP contribution in [0.5, 0.6) is 0 Å². The number of nitrogens with one attached hydrogen (secondary N) is 1. The number of thioether (sulfide) groups is 1. The third-order valence-corrected chi connectivity index (χ3v) is 7.44. The molecule has 0 saturated carbocycles. The van der Waals surface area contributed by atoms with Gasteiger partial charge in [-0.3, -0.25) is 9.69 Å². The molecule has 1 aliphatic rings. The molecule has 1 aliphatic heterocycles. The maximum Gasteiger partial charge on any atom is 0.229 e. The second kappa shape index (κ2) is 9.98. The summed E-state index contributed by atoms with van der Waals surface area (Å²) < 4.78 is 0. The summed E-state index contributed by atoms with van der Waals surface area (Å²) >= 11 is 3.63. The summed E-state index contributed by atoms with van der Waals surface area (Å²) in [5.41, 5.74) is 6.51. The number of rotatable bonds is 6. The predicted molar refractivity (Wildman–Crippen MR) is 133 cm³/mol. The van der Waals surface area contributed by atoms with Crippen molar-refractivity contribution in [2.45, 2.75) is 33.7 Å². The largest absolute Gasteiger partial charge is 0.326 e. The molecule has 0 bridgehead atoms. The van der Waals surface area contributed by atoms with Gasteiger partial charge in [-0.05, 0) is 38.0 Å². The summed E-state index contributed by atoms with van der Waals surface area (Å²) in [4.78, 5) is 21.0. The molecule has 1 amide bonds. The third kappa shape index (κ3) is 5.76. The molecule has 3 aromatic rings. The molecule has 0 atom stereocenters. The zero-order valence-corrected chi connectivity index (χ0v) is 20.0. The number of aromatic nitrogens is 1. The summed E-state index contributed by atoms with van der Waals surface area (Å²) in [5.74, 6) is 2.43. The van der Waals surface area contributed by atoms with Crippen molar-refractivity contribution in [2.75, 3.05) is 29.9 Å². The van der Waals surface area contributed by atoms with Gasteiger partial charge >= 0.3 is 0 Å². The molecule has 31 heavy (non-hydrogen) atoms. The lowest BCUT2D eigenvalue weighted by Crippen LogP contribution is -2.31. The van der Waals surface area contributed by atoms with E-state index in [9.17, 15) is 4.79 Å². The van der Waals surface area contributed by atoms with E-state index in [-0.39, 0.29) is 5.91 Å². The van der Waals surface area contributed by atoms with Gasteiger partial charge in [-0.15, -0.1) is 11.3 Å². The molecule has 162 valence electrons. The smallest absolute Gasteiger partial charge is 0.229 e. The highest BCUT2D eigenvalue weighted by atomic mass is 32.2. The van der Waals surface area contributed by atoms with Crippen molar-refractivity contribution in [3.8, 4) is 11.3 Å². The van der Waals surface area contributed by atoms with Crippen LogP contribution in [0.4, 0.5) is 5.69 Å². The van der Waals surface area contributed by atoms with Crippen LogP contribution in [-0.4, -0.2) is 40.4 Å². The molecule has 0 spiro atoms. The molecule has 1 aromatic heterocycles. The Morgan fingerprint density at radius 3 is 2.52 bits per heavy atom. The molecule has 1 N–H and O–H groups in total. The molecule has 1 saturated heterocycles. The van der Waals surface area contributed by atoms with Gasteiger partial charge in [0.1, 0.15) is 0 Å². The standard InChI is InChI=1S/C25H29N3OS2/c1-17-4-7-21(8-5-17)25-23(31-19(3)26-25)15-24(29)27-22-9-6-20(14-18(22)2)16-28-10-12-30-13-11-28/h4-9,14H,10-13,15-16H2,1-3H3,(H,27,29). The monoisotopic (exact) mass is 451 g/mol. The molecule has 2 aromatic carbocycles. The normalized spacial score (nSPS) is 14.5. The van der Waals surface area contributed by atoms with Gasteiger partial charge in [0, 0.05) is 47.3 Å². The first kappa shape index (κ1) is 22.1. The maximum absolute atomic E-state index is 12.8.